The van der Waals surface area contributed by atoms with Gasteiger partial charge in [-0.25, -0.2) is 4.98 Å². The van der Waals surface area contributed by atoms with Crippen molar-refractivity contribution in [3.05, 3.63) is 23.9 Å². The van der Waals surface area contributed by atoms with Crippen LogP contribution in [0.2, 0.25) is 0 Å². The molecule has 1 fully saturated rings. The van der Waals surface area contributed by atoms with Crippen molar-refractivity contribution in [3.8, 4) is 0 Å². The fourth-order valence-electron chi connectivity index (χ4n) is 2.31. The van der Waals surface area contributed by atoms with Crippen LogP contribution in [0.4, 0.5) is 5.82 Å². The average Bonchev–Trinajstić information content (AvgIpc) is 2.50. The van der Waals surface area contributed by atoms with Gasteiger partial charge in [-0.1, -0.05) is 6.07 Å². The molecule has 4 nitrogen and oxygen atoms in total. The molecule has 1 saturated heterocycles. The van der Waals surface area contributed by atoms with Crippen molar-refractivity contribution in [1.29, 1.82) is 0 Å². The van der Waals surface area contributed by atoms with E-state index in [0.717, 1.165) is 43.7 Å². The van der Waals surface area contributed by atoms with E-state index in [0.29, 0.717) is 0 Å². The van der Waals surface area contributed by atoms with Gasteiger partial charge in [0.1, 0.15) is 5.82 Å². The van der Waals surface area contributed by atoms with Crippen molar-refractivity contribution in [1.82, 2.24) is 4.98 Å². The first kappa shape index (κ1) is 12.3. The Morgan fingerprint density at radius 1 is 1.41 bits per heavy atom. The number of pyridine rings is 1. The molecule has 1 unspecified atom stereocenters. The molecule has 0 aliphatic carbocycles. The lowest BCUT2D eigenvalue weighted by Crippen LogP contribution is -2.29. The number of aliphatic hydroxyl groups excluding tert-OH is 1. The van der Waals surface area contributed by atoms with Gasteiger partial charge < -0.3 is 15.1 Å². The number of rotatable bonds is 2. The maximum absolute atomic E-state index is 10.0. The quantitative estimate of drug-likeness (QED) is 0.813. The van der Waals surface area contributed by atoms with Gasteiger partial charge in [0.25, 0.3) is 0 Å². The third-order valence-electron chi connectivity index (χ3n) is 3.40. The van der Waals surface area contributed by atoms with Crippen molar-refractivity contribution >= 4 is 5.82 Å². The molecule has 1 aromatic heterocycles. The third kappa shape index (κ3) is 2.96. The van der Waals surface area contributed by atoms with E-state index < -0.39 is 5.60 Å². The lowest BCUT2D eigenvalue weighted by atomic mass is 9.98. The summed E-state index contributed by atoms with van der Waals surface area (Å²) >= 11 is 0. The van der Waals surface area contributed by atoms with Gasteiger partial charge in [0.15, 0.2) is 0 Å². The highest BCUT2D eigenvalue weighted by atomic mass is 16.3. The van der Waals surface area contributed by atoms with Gasteiger partial charge in [-0.3, -0.25) is 0 Å². The zero-order valence-corrected chi connectivity index (χ0v) is 10.3. The highest BCUT2D eigenvalue weighted by Gasteiger charge is 2.26. The standard InChI is InChI=1S/C13H20N2O2/c1-13(17)5-3-8-15(9-6-13)12-11(10-16)4-2-7-14-12/h2,4,7,16-17H,3,5-6,8-10H2,1H3. The highest BCUT2D eigenvalue weighted by molar-refractivity contribution is 5.46. The summed E-state index contributed by atoms with van der Waals surface area (Å²) in [5, 5.41) is 19.4. The van der Waals surface area contributed by atoms with Crippen molar-refractivity contribution in [2.45, 2.75) is 38.4 Å². The van der Waals surface area contributed by atoms with Crippen molar-refractivity contribution in [2.24, 2.45) is 0 Å². The first-order valence-electron chi connectivity index (χ1n) is 6.14. The second-order valence-corrected chi connectivity index (χ2v) is 4.98. The van der Waals surface area contributed by atoms with Crippen LogP contribution in [0.25, 0.3) is 0 Å². The molecule has 2 N–H and O–H groups in total. The van der Waals surface area contributed by atoms with Crippen molar-refractivity contribution < 1.29 is 10.2 Å². The Hall–Kier alpha value is -1.13. The lowest BCUT2D eigenvalue weighted by molar-refractivity contribution is 0.0481. The SMILES string of the molecule is CC1(O)CCCN(c2ncccc2CO)CC1. The van der Waals surface area contributed by atoms with Gasteiger partial charge >= 0.3 is 0 Å². The number of nitrogens with zero attached hydrogens (tertiary/aromatic N) is 2. The molecule has 0 amide bonds. The monoisotopic (exact) mass is 236 g/mol. The van der Waals surface area contributed by atoms with E-state index in [-0.39, 0.29) is 6.61 Å². The van der Waals surface area contributed by atoms with Gasteiger partial charge in [0, 0.05) is 24.8 Å². The van der Waals surface area contributed by atoms with Crippen LogP contribution < -0.4 is 4.90 Å². The molecule has 0 saturated carbocycles. The Morgan fingerprint density at radius 2 is 2.24 bits per heavy atom. The summed E-state index contributed by atoms with van der Waals surface area (Å²) in [4.78, 5) is 6.51. The molecule has 4 heteroatoms. The number of anilines is 1. The fourth-order valence-corrected chi connectivity index (χ4v) is 2.31. The minimum Gasteiger partial charge on any atom is -0.392 e. The first-order chi connectivity index (χ1) is 8.12. The molecule has 0 bridgehead atoms. The normalized spacial score (nSPS) is 25.7. The Kier molecular flexibility index (Phi) is 3.64. The van der Waals surface area contributed by atoms with Crippen molar-refractivity contribution in [3.63, 3.8) is 0 Å². The summed E-state index contributed by atoms with van der Waals surface area (Å²) in [5.74, 6) is 0.854. The van der Waals surface area contributed by atoms with Gasteiger partial charge in [0.05, 0.1) is 12.2 Å². The predicted octanol–water partition coefficient (Wildman–Crippen LogP) is 1.32. The molecular formula is C13H20N2O2. The minimum absolute atomic E-state index is 0.00999. The molecule has 94 valence electrons. The maximum atomic E-state index is 10.0. The summed E-state index contributed by atoms with van der Waals surface area (Å²) in [5.41, 5.74) is 0.289. The van der Waals surface area contributed by atoms with Gasteiger partial charge in [-0.15, -0.1) is 0 Å². The van der Waals surface area contributed by atoms with Crippen LogP contribution in [0.15, 0.2) is 18.3 Å². The molecule has 17 heavy (non-hydrogen) atoms. The zero-order valence-electron chi connectivity index (χ0n) is 10.3. The average molecular weight is 236 g/mol. The van der Waals surface area contributed by atoms with E-state index in [1.165, 1.54) is 0 Å². The van der Waals surface area contributed by atoms with Crippen LogP contribution >= 0.6 is 0 Å². The number of aromatic nitrogens is 1. The number of hydrogen-bond acceptors (Lipinski definition) is 4. The zero-order chi connectivity index (χ0) is 12.3. The minimum atomic E-state index is -0.567. The van der Waals surface area contributed by atoms with E-state index in [1.807, 2.05) is 19.1 Å². The van der Waals surface area contributed by atoms with E-state index in [4.69, 9.17) is 0 Å². The van der Waals surface area contributed by atoms with Crippen LogP contribution in [-0.4, -0.2) is 33.9 Å². The molecule has 1 aromatic rings. The molecule has 1 atom stereocenters. The Bertz CT molecular complexity index is 379. The smallest absolute Gasteiger partial charge is 0.134 e. The van der Waals surface area contributed by atoms with Crippen LogP contribution in [0.1, 0.15) is 31.7 Å². The topological polar surface area (TPSA) is 56.6 Å². The van der Waals surface area contributed by atoms with E-state index in [2.05, 4.69) is 9.88 Å². The molecule has 1 aliphatic heterocycles. The summed E-state index contributed by atoms with van der Waals surface area (Å²) in [7, 11) is 0. The molecular weight excluding hydrogens is 216 g/mol. The first-order valence-corrected chi connectivity index (χ1v) is 6.14. The lowest BCUT2D eigenvalue weighted by Gasteiger charge is -2.24. The molecule has 0 spiro atoms. The summed E-state index contributed by atoms with van der Waals surface area (Å²) < 4.78 is 0. The van der Waals surface area contributed by atoms with Crippen LogP contribution in [0.5, 0.6) is 0 Å². The van der Waals surface area contributed by atoms with E-state index in [1.54, 1.807) is 6.20 Å². The van der Waals surface area contributed by atoms with E-state index >= 15 is 0 Å². The van der Waals surface area contributed by atoms with Gasteiger partial charge in [0.2, 0.25) is 0 Å². The van der Waals surface area contributed by atoms with Crippen molar-refractivity contribution in [2.75, 3.05) is 18.0 Å². The molecule has 2 rings (SSSR count). The molecule has 2 heterocycles. The van der Waals surface area contributed by atoms with Crippen LogP contribution in [0.3, 0.4) is 0 Å². The van der Waals surface area contributed by atoms with E-state index in [9.17, 15) is 10.2 Å². The summed E-state index contributed by atoms with van der Waals surface area (Å²) in [6.07, 6.45) is 4.27. The van der Waals surface area contributed by atoms with Gasteiger partial charge in [-0.05, 0) is 32.3 Å². The predicted molar refractivity (Wildman–Crippen MR) is 66.8 cm³/mol. The van der Waals surface area contributed by atoms with Gasteiger partial charge in [-0.2, -0.15) is 0 Å². The van der Waals surface area contributed by atoms with Crippen LogP contribution in [-0.2, 0) is 6.61 Å². The largest absolute Gasteiger partial charge is 0.392 e. The molecule has 0 aromatic carbocycles. The second-order valence-electron chi connectivity index (χ2n) is 4.98. The highest BCUT2D eigenvalue weighted by Crippen LogP contribution is 2.25. The molecule has 0 radical (unpaired) electrons. The summed E-state index contributed by atoms with van der Waals surface area (Å²) in [6.45, 7) is 3.58. The maximum Gasteiger partial charge on any atom is 0.134 e. The Balaban J connectivity index is 2.17. The summed E-state index contributed by atoms with van der Waals surface area (Å²) in [6, 6.07) is 3.73. The number of aliphatic hydroxyl groups is 2. The molecule has 1 aliphatic rings. The second kappa shape index (κ2) is 5.02. The Labute approximate surface area is 102 Å². The Morgan fingerprint density at radius 3 is 3.00 bits per heavy atom. The van der Waals surface area contributed by atoms with Crippen LogP contribution in [0, 0.1) is 0 Å². The fraction of sp³-hybridized carbons (Fsp3) is 0.615. The third-order valence-corrected chi connectivity index (χ3v) is 3.40. The number of hydrogen-bond donors (Lipinski definition) is 2.